The Hall–Kier alpha value is -0.380. The fourth-order valence-electron chi connectivity index (χ4n) is 2.35. The van der Waals surface area contributed by atoms with Gasteiger partial charge in [0.2, 0.25) is 0 Å². The number of hydrogen-bond acceptors (Lipinski definition) is 3. The van der Waals surface area contributed by atoms with Crippen molar-refractivity contribution in [2.45, 2.75) is 45.2 Å². The van der Waals surface area contributed by atoms with Crippen LogP contribution in [0.25, 0.3) is 0 Å². The molecule has 3 heteroatoms. The summed E-state index contributed by atoms with van der Waals surface area (Å²) in [6.07, 6.45) is 3.79. The zero-order valence-corrected chi connectivity index (χ0v) is 11.1. The third-order valence-electron chi connectivity index (χ3n) is 3.12. The van der Waals surface area contributed by atoms with Crippen molar-refractivity contribution >= 4 is 11.3 Å². The van der Waals surface area contributed by atoms with Gasteiger partial charge in [0.25, 0.3) is 0 Å². The smallest absolute Gasteiger partial charge is 0.0195 e. The highest BCUT2D eigenvalue weighted by Crippen LogP contribution is 2.17. The number of nitrogens with one attached hydrogen (secondary N) is 2. The van der Waals surface area contributed by atoms with Crippen molar-refractivity contribution < 1.29 is 0 Å². The zero-order chi connectivity index (χ0) is 11.4. The van der Waals surface area contributed by atoms with Gasteiger partial charge in [0.05, 0.1) is 0 Å². The lowest BCUT2D eigenvalue weighted by atomic mass is 10.1. The van der Waals surface area contributed by atoms with E-state index in [2.05, 4.69) is 36.6 Å². The summed E-state index contributed by atoms with van der Waals surface area (Å²) in [7, 11) is 0. The van der Waals surface area contributed by atoms with E-state index in [1.165, 1.54) is 29.1 Å². The van der Waals surface area contributed by atoms with Crippen molar-refractivity contribution in [2.75, 3.05) is 13.1 Å². The molecule has 1 aromatic rings. The SMILES string of the molecule is Cc1ccc(CC(C)NC2CCCNC2)s1. The van der Waals surface area contributed by atoms with Crippen molar-refractivity contribution in [2.24, 2.45) is 0 Å². The summed E-state index contributed by atoms with van der Waals surface area (Å²) >= 11 is 1.92. The van der Waals surface area contributed by atoms with Gasteiger partial charge in [-0.3, -0.25) is 0 Å². The topological polar surface area (TPSA) is 24.1 Å². The number of piperidine rings is 1. The first kappa shape index (κ1) is 12.1. The Morgan fingerprint density at radius 2 is 2.44 bits per heavy atom. The standard InChI is InChI=1S/C13H22N2S/c1-10(8-13-6-5-11(2)16-13)15-12-4-3-7-14-9-12/h5-6,10,12,14-15H,3-4,7-9H2,1-2H3. The van der Waals surface area contributed by atoms with Gasteiger partial charge in [0.15, 0.2) is 0 Å². The normalized spacial score (nSPS) is 23.2. The van der Waals surface area contributed by atoms with E-state index in [1.807, 2.05) is 11.3 Å². The second-order valence-corrected chi connectivity index (χ2v) is 6.20. The molecule has 0 spiro atoms. The molecule has 2 unspecified atom stereocenters. The maximum atomic E-state index is 3.72. The summed E-state index contributed by atoms with van der Waals surface area (Å²) < 4.78 is 0. The van der Waals surface area contributed by atoms with Crippen LogP contribution in [0, 0.1) is 6.92 Å². The molecular weight excluding hydrogens is 216 g/mol. The first-order valence-electron chi connectivity index (χ1n) is 6.26. The molecule has 1 aliphatic heterocycles. The molecule has 0 aromatic carbocycles. The van der Waals surface area contributed by atoms with Crippen molar-refractivity contribution in [3.8, 4) is 0 Å². The summed E-state index contributed by atoms with van der Waals surface area (Å²) in [5.74, 6) is 0. The fraction of sp³-hybridized carbons (Fsp3) is 0.692. The predicted octanol–water partition coefficient (Wildman–Crippen LogP) is 2.33. The molecule has 2 rings (SSSR count). The van der Waals surface area contributed by atoms with E-state index in [1.54, 1.807) is 0 Å². The van der Waals surface area contributed by atoms with Crippen LogP contribution in [0.5, 0.6) is 0 Å². The third kappa shape index (κ3) is 3.58. The Kier molecular flexibility index (Phi) is 4.38. The molecule has 2 heterocycles. The van der Waals surface area contributed by atoms with Crippen LogP contribution in [0.3, 0.4) is 0 Å². The van der Waals surface area contributed by atoms with E-state index in [0.29, 0.717) is 12.1 Å². The molecule has 2 nitrogen and oxygen atoms in total. The highest BCUT2D eigenvalue weighted by molar-refractivity contribution is 7.11. The van der Waals surface area contributed by atoms with Crippen molar-refractivity contribution in [3.05, 3.63) is 21.9 Å². The summed E-state index contributed by atoms with van der Waals surface area (Å²) in [6, 6.07) is 5.74. The third-order valence-corrected chi connectivity index (χ3v) is 4.14. The van der Waals surface area contributed by atoms with Gasteiger partial charge in [-0.15, -0.1) is 11.3 Å². The first-order chi connectivity index (χ1) is 7.74. The van der Waals surface area contributed by atoms with E-state index in [-0.39, 0.29) is 0 Å². The average molecular weight is 238 g/mol. The molecule has 0 radical (unpaired) electrons. The molecule has 90 valence electrons. The Balaban J connectivity index is 1.77. The second-order valence-electron chi connectivity index (χ2n) is 4.83. The number of aryl methyl sites for hydroxylation is 1. The van der Waals surface area contributed by atoms with Gasteiger partial charge >= 0.3 is 0 Å². The molecule has 0 amide bonds. The van der Waals surface area contributed by atoms with Crippen LogP contribution in [-0.2, 0) is 6.42 Å². The minimum absolute atomic E-state index is 0.586. The Morgan fingerprint density at radius 3 is 3.06 bits per heavy atom. The van der Waals surface area contributed by atoms with Crippen LogP contribution < -0.4 is 10.6 Å². The van der Waals surface area contributed by atoms with Gasteiger partial charge < -0.3 is 10.6 Å². The summed E-state index contributed by atoms with van der Waals surface area (Å²) in [6.45, 7) is 6.80. The number of hydrogen-bond donors (Lipinski definition) is 2. The summed E-state index contributed by atoms with van der Waals surface area (Å²) in [5.41, 5.74) is 0. The van der Waals surface area contributed by atoms with E-state index < -0.39 is 0 Å². The maximum Gasteiger partial charge on any atom is 0.0195 e. The van der Waals surface area contributed by atoms with Gasteiger partial charge in [-0.05, 0) is 51.8 Å². The quantitative estimate of drug-likeness (QED) is 0.841. The molecule has 16 heavy (non-hydrogen) atoms. The van der Waals surface area contributed by atoms with Gasteiger partial charge in [0, 0.05) is 28.4 Å². The lowest BCUT2D eigenvalue weighted by Gasteiger charge is -2.27. The Labute approximate surface area is 102 Å². The maximum absolute atomic E-state index is 3.72. The van der Waals surface area contributed by atoms with Crippen LogP contribution >= 0.6 is 11.3 Å². The minimum Gasteiger partial charge on any atom is -0.315 e. The summed E-state index contributed by atoms with van der Waals surface area (Å²) in [5, 5.41) is 7.17. The Morgan fingerprint density at radius 1 is 1.56 bits per heavy atom. The highest BCUT2D eigenvalue weighted by atomic mass is 32.1. The largest absolute Gasteiger partial charge is 0.315 e. The second kappa shape index (κ2) is 5.80. The highest BCUT2D eigenvalue weighted by Gasteiger charge is 2.15. The van der Waals surface area contributed by atoms with E-state index in [4.69, 9.17) is 0 Å². The average Bonchev–Trinajstić information content (AvgIpc) is 2.65. The van der Waals surface area contributed by atoms with Gasteiger partial charge in [-0.2, -0.15) is 0 Å². The molecule has 1 aromatic heterocycles. The van der Waals surface area contributed by atoms with E-state index >= 15 is 0 Å². The first-order valence-corrected chi connectivity index (χ1v) is 7.08. The van der Waals surface area contributed by atoms with E-state index in [0.717, 1.165) is 13.0 Å². The zero-order valence-electron chi connectivity index (χ0n) is 10.3. The molecule has 1 fully saturated rings. The fourth-order valence-corrected chi connectivity index (χ4v) is 3.37. The molecule has 1 aliphatic rings. The van der Waals surface area contributed by atoms with Gasteiger partial charge in [-0.25, -0.2) is 0 Å². The summed E-state index contributed by atoms with van der Waals surface area (Å²) in [4.78, 5) is 2.92. The number of thiophene rings is 1. The van der Waals surface area contributed by atoms with Gasteiger partial charge in [0.1, 0.15) is 0 Å². The molecule has 1 saturated heterocycles. The molecule has 2 atom stereocenters. The molecular formula is C13H22N2S. The van der Waals surface area contributed by atoms with Crippen LogP contribution in [-0.4, -0.2) is 25.2 Å². The molecule has 2 N–H and O–H groups in total. The molecule has 0 aliphatic carbocycles. The molecule has 0 bridgehead atoms. The van der Waals surface area contributed by atoms with Crippen LogP contribution in [0.15, 0.2) is 12.1 Å². The van der Waals surface area contributed by atoms with Crippen molar-refractivity contribution in [1.29, 1.82) is 0 Å². The lowest BCUT2D eigenvalue weighted by Crippen LogP contribution is -2.47. The monoisotopic (exact) mass is 238 g/mol. The van der Waals surface area contributed by atoms with Crippen molar-refractivity contribution in [3.63, 3.8) is 0 Å². The van der Waals surface area contributed by atoms with Crippen molar-refractivity contribution in [1.82, 2.24) is 10.6 Å². The van der Waals surface area contributed by atoms with Crippen LogP contribution in [0.4, 0.5) is 0 Å². The molecule has 0 saturated carbocycles. The number of rotatable bonds is 4. The Bertz CT molecular complexity index is 315. The van der Waals surface area contributed by atoms with Crippen LogP contribution in [0.2, 0.25) is 0 Å². The predicted molar refractivity (Wildman–Crippen MR) is 71.2 cm³/mol. The van der Waals surface area contributed by atoms with Gasteiger partial charge in [-0.1, -0.05) is 0 Å². The lowest BCUT2D eigenvalue weighted by molar-refractivity contribution is 0.358. The minimum atomic E-state index is 0.586. The van der Waals surface area contributed by atoms with E-state index in [9.17, 15) is 0 Å². The van der Waals surface area contributed by atoms with Crippen LogP contribution in [0.1, 0.15) is 29.5 Å².